The number of nitrogens with zero attached hydrogens (tertiary/aromatic N) is 1. The topological polar surface area (TPSA) is 87.7 Å². The fourth-order valence-corrected chi connectivity index (χ4v) is 4.96. The van der Waals surface area contributed by atoms with Crippen molar-refractivity contribution in [3.05, 3.63) is 53.6 Å². The summed E-state index contributed by atoms with van der Waals surface area (Å²) in [5.41, 5.74) is 3.21. The molecule has 0 aromatic heterocycles. The van der Waals surface area contributed by atoms with Crippen molar-refractivity contribution in [1.29, 1.82) is 0 Å². The monoisotopic (exact) mass is 449 g/mol. The lowest BCUT2D eigenvalue weighted by Crippen LogP contribution is -2.43. The maximum Gasteiger partial charge on any atom is 0.313 e. The van der Waals surface area contributed by atoms with Gasteiger partial charge in [-0.3, -0.25) is 14.4 Å². The van der Waals surface area contributed by atoms with E-state index in [0.717, 1.165) is 54.7 Å². The summed E-state index contributed by atoms with van der Waals surface area (Å²) < 4.78 is 5.26. The lowest BCUT2D eigenvalue weighted by molar-refractivity contribution is -0.136. The summed E-state index contributed by atoms with van der Waals surface area (Å²) in [6, 6.07) is 13.3. The van der Waals surface area contributed by atoms with Gasteiger partial charge in [-0.1, -0.05) is 31.0 Å². The van der Waals surface area contributed by atoms with Crippen molar-refractivity contribution < 1.29 is 19.1 Å². The lowest BCUT2D eigenvalue weighted by Gasteiger charge is -2.30. The average Bonchev–Trinajstić information content (AvgIpc) is 3.48. The molecule has 0 spiro atoms. The van der Waals surface area contributed by atoms with Crippen LogP contribution in [-0.2, 0) is 19.8 Å². The van der Waals surface area contributed by atoms with Crippen LogP contribution in [0.2, 0.25) is 0 Å². The number of carbonyl (C=O) groups is 3. The van der Waals surface area contributed by atoms with E-state index >= 15 is 0 Å². The molecule has 2 N–H and O–H groups in total. The van der Waals surface area contributed by atoms with Gasteiger partial charge in [0.15, 0.2) is 0 Å². The summed E-state index contributed by atoms with van der Waals surface area (Å²) in [6.07, 6.45) is 5.48. The summed E-state index contributed by atoms with van der Waals surface area (Å²) >= 11 is 0. The molecule has 0 radical (unpaired) electrons. The number of anilines is 2. The summed E-state index contributed by atoms with van der Waals surface area (Å²) in [6.45, 7) is 3.01. The van der Waals surface area contributed by atoms with Crippen LogP contribution >= 0.6 is 0 Å². The first-order valence-corrected chi connectivity index (χ1v) is 11.6. The maximum absolute atomic E-state index is 12.6. The Morgan fingerprint density at radius 1 is 1.03 bits per heavy atom. The van der Waals surface area contributed by atoms with Crippen LogP contribution in [0.4, 0.5) is 11.4 Å². The minimum atomic E-state index is -0.708. The highest BCUT2D eigenvalue weighted by atomic mass is 16.5. The number of hydrogen-bond donors (Lipinski definition) is 2. The molecule has 0 bridgehead atoms. The molecule has 7 heteroatoms. The Hall–Kier alpha value is -3.35. The molecule has 1 aliphatic heterocycles. The fourth-order valence-electron chi connectivity index (χ4n) is 4.96. The highest BCUT2D eigenvalue weighted by Gasteiger charge is 2.36. The van der Waals surface area contributed by atoms with E-state index in [1.54, 1.807) is 24.1 Å². The molecule has 1 saturated heterocycles. The van der Waals surface area contributed by atoms with Gasteiger partial charge in [-0.2, -0.15) is 0 Å². The number of benzene rings is 2. The van der Waals surface area contributed by atoms with Crippen LogP contribution in [0.15, 0.2) is 42.5 Å². The molecule has 3 amide bonds. The molecule has 2 fully saturated rings. The lowest BCUT2D eigenvalue weighted by atomic mass is 9.78. The Bertz CT molecular complexity index is 1040. The van der Waals surface area contributed by atoms with Crippen molar-refractivity contribution >= 4 is 29.1 Å². The predicted molar refractivity (Wildman–Crippen MR) is 128 cm³/mol. The van der Waals surface area contributed by atoms with Gasteiger partial charge in [-0.05, 0) is 61.6 Å². The second kappa shape index (κ2) is 9.65. The third kappa shape index (κ3) is 4.87. The van der Waals surface area contributed by atoms with Crippen LogP contribution in [0, 0.1) is 6.92 Å². The molecule has 1 saturated carbocycles. The Morgan fingerprint density at radius 3 is 2.39 bits per heavy atom. The zero-order valence-electron chi connectivity index (χ0n) is 19.3. The molecule has 2 aliphatic rings. The third-order valence-electron chi connectivity index (χ3n) is 6.89. The zero-order valence-corrected chi connectivity index (χ0v) is 19.3. The highest BCUT2D eigenvalue weighted by molar-refractivity contribution is 6.39. The number of nitrogens with one attached hydrogen (secondary N) is 2. The molecule has 174 valence electrons. The molecule has 4 rings (SSSR count). The van der Waals surface area contributed by atoms with Crippen LogP contribution in [0.25, 0.3) is 0 Å². The van der Waals surface area contributed by atoms with Gasteiger partial charge in [0.1, 0.15) is 5.75 Å². The van der Waals surface area contributed by atoms with E-state index in [-0.39, 0.29) is 11.3 Å². The standard InChI is InChI=1S/C26H31N3O4/c1-18-7-10-20(16-22(18)29-15-5-6-23(29)30)28-25(32)24(31)27-17-26(13-3-4-14-26)19-8-11-21(33-2)12-9-19/h7-12,16H,3-6,13-15,17H2,1-2H3,(H,27,31)(H,28,32). The van der Waals surface area contributed by atoms with Gasteiger partial charge in [-0.25, -0.2) is 0 Å². The second-order valence-corrected chi connectivity index (χ2v) is 9.00. The quantitative estimate of drug-likeness (QED) is 0.659. The van der Waals surface area contributed by atoms with Gasteiger partial charge >= 0.3 is 11.8 Å². The minimum absolute atomic E-state index is 0.0831. The number of rotatable bonds is 6. The number of methoxy groups -OCH3 is 1. The minimum Gasteiger partial charge on any atom is -0.497 e. The van der Waals surface area contributed by atoms with E-state index in [1.165, 1.54) is 0 Å². The number of hydrogen-bond acceptors (Lipinski definition) is 4. The molecular formula is C26H31N3O4. The van der Waals surface area contributed by atoms with Crippen molar-refractivity contribution in [1.82, 2.24) is 5.32 Å². The maximum atomic E-state index is 12.6. The van der Waals surface area contributed by atoms with E-state index in [9.17, 15) is 14.4 Å². The highest BCUT2D eigenvalue weighted by Crippen LogP contribution is 2.41. The van der Waals surface area contributed by atoms with Crippen molar-refractivity contribution in [3.8, 4) is 5.75 Å². The van der Waals surface area contributed by atoms with Gasteiger partial charge < -0.3 is 20.3 Å². The SMILES string of the molecule is COc1ccc(C2(CNC(=O)C(=O)Nc3ccc(C)c(N4CCCC4=O)c3)CCCC2)cc1. The largest absolute Gasteiger partial charge is 0.497 e. The first-order chi connectivity index (χ1) is 15.9. The Balaban J connectivity index is 1.41. The molecule has 1 aliphatic carbocycles. The Morgan fingerprint density at radius 2 is 1.76 bits per heavy atom. The van der Waals surface area contributed by atoms with E-state index < -0.39 is 11.8 Å². The summed E-state index contributed by atoms with van der Waals surface area (Å²) in [5, 5.41) is 5.54. The van der Waals surface area contributed by atoms with E-state index in [4.69, 9.17) is 4.74 Å². The van der Waals surface area contributed by atoms with Crippen LogP contribution < -0.4 is 20.3 Å². The number of ether oxygens (including phenoxy) is 1. The van der Waals surface area contributed by atoms with Gasteiger partial charge in [0.25, 0.3) is 0 Å². The normalized spacial score (nSPS) is 17.2. The second-order valence-electron chi connectivity index (χ2n) is 9.00. The first-order valence-electron chi connectivity index (χ1n) is 11.6. The molecule has 0 unspecified atom stereocenters. The Labute approximate surface area is 194 Å². The molecule has 7 nitrogen and oxygen atoms in total. The molecule has 2 aromatic rings. The van der Waals surface area contributed by atoms with Crippen LogP contribution in [0.1, 0.15) is 49.7 Å². The van der Waals surface area contributed by atoms with Gasteiger partial charge in [0.2, 0.25) is 5.91 Å². The van der Waals surface area contributed by atoms with Crippen LogP contribution in [0.5, 0.6) is 5.75 Å². The van der Waals surface area contributed by atoms with Crippen molar-refractivity contribution in [2.75, 3.05) is 30.4 Å². The van der Waals surface area contributed by atoms with Crippen LogP contribution in [-0.4, -0.2) is 37.9 Å². The van der Waals surface area contributed by atoms with E-state index in [2.05, 4.69) is 10.6 Å². The molecule has 2 aromatic carbocycles. The predicted octanol–water partition coefficient (Wildman–Crippen LogP) is 3.70. The van der Waals surface area contributed by atoms with E-state index in [1.807, 2.05) is 37.3 Å². The van der Waals surface area contributed by atoms with Gasteiger partial charge in [0.05, 0.1) is 7.11 Å². The summed E-state index contributed by atoms with van der Waals surface area (Å²) in [5.74, 6) is -0.488. The Kier molecular flexibility index (Phi) is 6.67. The fraction of sp³-hybridized carbons (Fsp3) is 0.423. The van der Waals surface area contributed by atoms with Crippen molar-refractivity contribution in [2.45, 2.75) is 50.9 Å². The zero-order chi connectivity index (χ0) is 23.4. The van der Waals surface area contributed by atoms with Crippen molar-refractivity contribution in [3.63, 3.8) is 0 Å². The smallest absolute Gasteiger partial charge is 0.313 e. The van der Waals surface area contributed by atoms with Gasteiger partial charge in [0, 0.05) is 36.3 Å². The summed E-state index contributed by atoms with van der Waals surface area (Å²) in [4.78, 5) is 39.1. The molecular weight excluding hydrogens is 418 g/mol. The van der Waals surface area contributed by atoms with Crippen molar-refractivity contribution in [2.24, 2.45) is 0 Å². The molecule has 33 heavy (non-hydrogen) atoms. The number of amides is 3. The van der Waals surface area contributed by atoms with Crippen LogP contribution in [0.3, 0.4) is 0 Å². The summed E-state index contributed by atoms with van der Waals surface area (Å²) in [7, 11) is 1.64. The first kappa shape index (κ1) is 22.8. The number of carbonyl (C=O) groups excluding carboxylic acids is 3. The third-order valence-corrected chi connectivity index (χ3v) is 6.89. The molecule has 0 atom stereocenters. The average molecular weight is 450 g/mol. The molecule has 1 heterocycles. The van der Waals surface area contributed by atoms with Gasteiger partial charge in [-0.15, -0.1) is 0 Å². The van der Waals surface area contributed by atoms with E-state index in [0.29, 0.717) is 25.2 Å². The number of aryl methyl sites for hydroxylation is 1.